The number of ether oxygens (including phenoxy) is 1. The number of hydrogen-bond acceptors (Lipinski definition) is 5. The minimum absolute atomic E-state index is 0.0948. The molecule has 1 aromatic carbocycles. The van der Waals surface area contributed by atoms with Crippen LogP contribution in [0.3, 0.4) is 0 Å². The molecule has 0 radical (unpaired) electrons. The van der Waals surface area contributed by atoms with Crippen LogP contribution in [0, 0.1) is 0 Å². The Morgan fingerprint density at radius 2 is 2.04 bits per heavy atom. The van der Waals surface area contributed by atoms with Crippen molar-refractivity contribution in [1.29, 1.82) is 0 Å². The minimum Gasteiger partial charge on any atom is -0.431 e. The lowest BCUT2D eigenvalue weighted by molar-refractivity contribution is -0.140. The second-order valence-electron chi connectivity index (χ2n) is 6.49. The van der Waals surface area contributed by atoms with Crippen molar-refractivity contribution in [3.05, 3.63) is 40.9 Å². The van der Waals surface area contributed by atoms with Gasteiger partial charge in [-0.15, -0.1) is 0 Å². The van der Waals surface area contributed by atoms with E-state index >= 15 is 0 Å². The molecule has 0 unspecified atom stereocenters. The Morgan fingerprint density at radius 3 is 2.62 bits per heavy atom. The number of carbonyl (C=O) groups is 1. The van der Waals surface area contributed by atoms with Gasteiger partial charge in [-0.1, -0.05) is 11.3 Å². The first-order valence-corrected chi connectivity index (χ1v) is 9.14. The van der Waals surface area contributed by atoms with E-state index in [9.17, 15) is 18.0 Å². The SMILES string of the molecule is O=C(N[C@@H]1C[C@H]2CC[C@@H]1N2)c1ccc(Oc2nc(C(F)(F)F)cs2)cc1. The van der Waals surface area contributed by atoms with Gasteiger partial charge in [0.05, 0.1) is 0 Å². The number of hydrogen-bond donors (Lipinski definition) is 2. The number of nitrogens with one attached hydrogen (secondary N) is 2. The summed E-state index contributed by atoms with van der Waals surface area (Å²) in [5, 5.41) is 7.31. The van der Waals surface area contributed by atoms with Gasteiger partial charge in [-0.3, -0.25) is 4.79 Å². The van der Waals surface area contributed by atoms with Crippen LogP contribution in [-0.4, -0.2) is 29.0 Å². The van der Waals surface area contributed by atoms with E-state index in [0.29, 0.717) is 23.4 Å². The molecule has 1 amide bonds. The third-order valence-corrected chi connectivity index (χ3v) is 5.43. The number of carbonyl (C=O) groups excluding carboxylic acids is 1. The molecule has 9 heteroatoms. The van der Waals surface area contributed by atoms with Gasteiger partial charge >= 0.3 is 6.18 Å². The van der Waals surface area contributed by atoms with Gasteiger partial charge in [-0.25, -0.2) is 0 Å². The molecule has 2 saturated heterocycles. The van der Waals surface area contributed by atoms with Crippen molar-refractivity contribution in [2.75, 3.05) is 0 Å². The molecule has 2 bridgehead atoms. The first kappa shape index (κ1) is 17.3. The predicted octanol–water partition coefficient (Wildman–Crippen LogP) is 3.58. The molecule has 1 aromatic heterocycles. The van der Waals surface area contributed by atoms with Crippen molar-refractivity contribution in [3.8, 4) is 10.9 Å². The molecular weight excluding hydrogens is 367 g/mol. The largest absolute Gasteiger partial charge is 0.434 e. The Morgan fingerprint density at radius 1 is 1.27 bits per heavy atom. The number of nitrogens with zero attached hydrogens (tertiary/aromatic N) is 1. The molecule has 26 heavy (non-hydrogen) atoms. The van der Waals surface area contributed by atoms with Crippen molar-refractivity contribution in [3.63, 3.8) is 0 Å². The molecule has 3 atom stereocenters. The van der Waals surface area contributed by atoms with E-state index < -0.39 is 11.9 Å². The van der Waals surface area contributed by atoms with Crippen LogP contribution < -0.4 is 15.4 Å². The number of amides is 1. The lowest BCUT2D eigenvalue weighted by Crippen LogP contribution is -2.42. The standard InChI is InChI=1S/C17H16F3N3O2S/c18-17(19,20)14-8-26-16(23-14)25-11-4-1-9(2-5-11)15(24)22-13-7-10-3-6-12(13)21-10/h1-2,4-5,8,10,12-13,21H,3,6-7H2,(H,22,24)/t10-,12+,13-/m1/s1. The van der Waals surface area contributed by atoms with Gasteiger partial charge in [0.25, 0.3) is 11.1 Å². The number of benzene rings is 1. The molecule has 4 rings (SSSR count). The summed E-state index contributed by atoms with van der Waals surface area (Å²) < 4.78 is 43.0. The van der Waals surface area contributed by atoms with E-state index in [4.69, 9.17) is 4.74 Å². The van der Waals surface area contributed by atoms with E-state index in [0.717, 1.165) is 36.0 Å². The molecule has 0 spiro atoms. The second kappa shape index (κ2) is 6.55. The molecule has 0 aliphatic carbocycles. The maximum atomic E-state index is 12.5. The average Bonchev–Trinajstić information content (AvgIpc) is 3.31. The van der Waals surface area contributed by atoms with E-state index in [1.54, 1.807) is 24.3 Å². The number of aromatic nitrogens is 1. The Balaban J connectivity index is 1.37. The topological polar surface area (TPSA) is 63.2 Å². The van der Waals surface area contributed by atoms with Crippen molar-refractivity contribution >= 4 is 17.2 Å². The molecule has 2 aliphatic heterocycles. The maximum absolute atomic E-state index is 12.5. The van der Waals surface area contributed by atoms with Crippen LogP contribution in [0.25, 0.3) is 0 Å². The fourth-order valence-corrected chi connectivity index (χ4v) is 4.14. The smallest absolute Gasteiger partial charge is 0.431 e. The highest BCUT2D eigenvalue weighted by molar-refractivity contribution is 7.11. The summed E-state index contributed by atoms with van der Waals surface area (Å²) in [5.41, 5.74) is -0.497. The third kappa shape index (κ3) is 3.54. The zero-order valence-corrected chi connectivity index (χ0v) is 14.4. The lowest BCUT2D eigenvalue weighted by Gasteiger charge is -2.21. The molecule has 2 fully saturated rings. The highest BCUT2D eigenvalue weighted by atomic mass is 32.1. The number of thiazole rings is 1. The third-order valence-electron chi connectivity index (χ3n) is 4.71. The number of fused-ring (bicyclic) bond motifs is 2. The first-order valence-electron chi connectivity index (χ1n) is 8.26. The Kier molecular flexibility index (Phi) is 4.36. The highest BCUT2D eigenvalue weighted by Gasteiger charge is 2.39. The van der Waals surface area contributed by atoms with Gasteiger partial charge in [0.15, 0.2) is 5.69 Å². The van der Waals surface area contributed by atoms with Crippen LogP contribution in [0.1, 0.15) is 35.3 Å². The Hall–Kier alpha value is -2.13. The van der Waals surface area contributed by atoms with Gasteiger partial charge in [0.2, 0.25) is 0 Å². The van der Waals surface area contributed by atoms with Gasteiger partial charge in [0, 0.05) is 29.1 Å². The predicted molar refractivity (Wildman–Crippen MR) is 89.4 cm³/mol. The van der Waals surface area contributed by atoms with E-state index in [2.05, 4.69) is 15.6 Å². The van der Waals surface area contributed by atoms with Crippen molar-refractivity contribution in [2.24, 2.45) is 0 Å². The molecule has 5 nitrogen and oxygen atoms in total. The highest BCUT2D eigenvalue weighted by Crippen LogP contribution is 2.34. The molecule has 3 heterocycles. The second-order valence-corrected chi connectivity index (χ2v) is 7.31. The molecule has 2 N–H and O–H groups in total. The summed E-state index contributed by atoms with van der Waals surface area (Å²) in [5.74, 6) is 0.163. The number of rotatable bonds is 4. The molecular formula is C17H16F3N3O2S. The van der Waals surface area contributed by atoms with Crippen LogP contribution in [0.15, 0.2) is 29.6 Å². The molecule has 2 aliphatic rings. The van der Waals surface area contributed by atoms with Crippen LogP contribution in [0.5, 0.6) is 10.9 Å². The quantitative estimate of drug-likeness (QED) is 0.847. The minimum atomic E-state index is -4.49. The summed E-state index contributed by atoms with van der Waals surface area (Å²) in [6.45, 7) is 0. The Bertz CT molecular complexity index is 806. The van der Waals surface area contributed by atoms with E-state index in [-0.39, 0.29) is 17.1 Å². The molecule has 2 aromatic rings. The summed E-state index contributed by atoms with van der Waals surface area (Å²) >= 11 is 0.770. The van der Waals surface area contributed by atoms with Gasteiger partial charge in [-0.2, -0.15) is 18.2 Å². The summed E-state index contributed by atoms with van der Waals surface area (Å²) in [4.78, 5) is 15.8. The van der Waals surface area contributed by atoms with Crippen LogP contribution in [0.2, 0.25) is 0 Å². The van der Waals surface area contributed by atoms with Crippen molar-refractivity contribution in [1.82, 2.24) is 15.6 Å². The monoisotopic (exact) mass is 383 g/mol. The zero-order valence-electron chi connectivity index (χ0n) is 13.5. The van der Waals surface area contributed by atoms with Gasteiger partial charge < -0.3 is 15.4 Å². The van der Waals surface area contributed by atoms with Crippen molar-refractivity contribution in [2.45, 2.75) is 43.6 Å². The van der Waals surface area contributed by atoms with Crippen molar-refractivity contribution < 1.29 is 22.7 Å². The van der Waals surface area contributed by atoms with Gasteiger partial charge in [0.1, 0.15) is 5.75 Å². The van der Waals surface area contributed by atoms with Crippen LogP contribution in [-0.2, 0) is 6.18 Å². The van der Waals surface area contributed by atoms with Crippen LogP contribution in [0.4, 0.5) is 13.2 Å². The van der Waals surface area contributed by atoms with E-state index in [1.807, 2.05) is 0 Å². The fraction of sp³-hybridized carbons (Fsp3) is 0.412. The summed E-state index contributed by atoms with van der Waals surface area (Å²) in [6.07, 6.45) is -1.30. The molecule has 0 saturated carbocycles. The van der Waals surface area contributed by atoms with Gasteiger partial charge in [-0.05, 0) is 43.5 Å². The lowest BCUT2D eigenvalue weighted by atomic mass is 9.95. The zero-order chi connectivity index (χ0) is 18.3. The normalized spacial score (nSPS) is 24.7. The summed E-state index contributed by atoms with van der Waals surface area (Å²) in [7, 11) is 0. The van der Waals surface area contributed by atoms with E-state index in [1.165, 1.54) is 0 Å². The number of halogens is 3. The number of alkyl halides is 3. The fourth-order valence-electron chi connectivity index (χ4n) is 3.44. The van der Waals surface area contributed by atoms with Crippen LogP contribution >= 0.6 is 11.3 Å². The maximum Gasteiger partial charge on any atom is 0.434 e. The average molecular weight is 383 g/mol. The first-order chi connectivity index (χ1) is 12.4. The summed E-state index contributed by atoms with van der Waals surface area (Å²) in [6, 6.07) is 7.26. The molecule has 138 valence electrons. The Labute approximate surface area is 151 Å².